The molecule has 0 radical (unpaired) electrons. The van der Waals surface area contributed by atoms with E-state index < -0.39 is 0 Å². The van der Waals surface area contributed by atoms with E-state index in [0.717, 1.165) is 50.1 Å². The van der Waals surface area contributed by atoms with E-state index in [4.69, 9.17) is 4.74 Å². The van der Waals surface area contributed by atoms with Crippen molar-refractivity contribution >= 4 is 5.91 Å². The molecular weight excluding hydrogens is 310 g/mol. The zero-order valence-electron chi connectivity index (χ0n) is 15.0. The summed E-state index contributed by atoms with van der Waals surface area (Å²) in [4.78, 5) is 14.7. The molecule has 0 N–H and O–H groups in total. The van der Waals surface area contributed by atoms with E-state index in [0.29, 0.717) is 12.5 Å². The number of rotatable bonds is 6. The normalized spacial score (nSPS) is 15.2. The summed E-state index contributed by atoms with van der Waals surface area (Å²) in [5.41, 5.74) is 2.15. The molecule has 3 nitrogen and oxygen atoms in total. The highest BCUT2D eigenvalue weighted by molar-refractivity contribution is 5.94. The Hall–Kier alpha value is -2.29. The first-order chi connectivity index (χ1) is 12.3. The first-order valence-electron chi connectivity index (χ1n) is 9.32. The molecule has 25 heavy (non-hydrogen) atoms. The van der Waals surface area contributed by atoms with E-state index in [1.807, 2.05) is 29.2 Å². The van der Waals surface area contributed by atoms with E-state index in [2.05, 4.69) is 37.3 Å². The number of hydrogen-bond donors (Lipinski definition) is 0. The fourth-order valence-corrected chi connectivity index (χ4v) is 3.38. The van der Waals surface area contributed by atoms with Crippen molar-refractivity contribution in [1.82, 2.24) is 4.90 Å². The van der Waals surface area contributed by atoms with Crippen molar-refractivity contribution in [2.75, 3.05) is 19.7 Å². The Bertz CT molecular complexity index is 658. The van der Waals surface area contributed by atoms with E-state index in [1.165, 1.54) is 5.56 Å². The molecule has 1 heterocycles. The highest BCUT2D eigenvalue weighted by atomic mass is 16.5. The zero-order chi connectivity index (χ0) is 17.5. The number of nitrogens with zero attached hydrogens (tertiary/aromatic N) is 1. The van der Waals surface area contributed by atoms with E-state index in [9.17, 15) is 4.79 Å². The quantitative estimate of drug-likeness (QED) is 0.773. The first-order valence-corrected chi connectivity index (χ1v) is 9.32. The Morgan fingerprint density at radius 1 is 1.04 bits per heavy atom. The number of ether oxygens (including phenoxy) is 1. The lowest BCUT2D eigenvalue weighted by molar-refractivity contribution is 0.0690. The van der Waals surface area contributed by atoms with Gasteiger partial charge in [-0.05, 0) is 61.4 Å². The highest BCUT2D eigenvalue weighted by Gasteiger charge is 2.23. The molecule has 132 valence electrons. The van der Waals surface area contributed by atoms with E-state index in [-0.39, 0.29) is 5.91 Å². The average molecular weight is 337 g/mol. The van der Waals surface area contributed by atoms with Gasteiger partial charge in [0.1, 0.15) is 5.75 Å². The Morgan fingerprint density at radius 3 is 2.36 bits per heavy atom. The Balaban J connectivity index is 1.51. The van der Waals surface area contributed by atoms with Crippen molar-refractivity contribution in [3.05, 3.63) is 65.7 Å². The number of amides is 1. The summed E-state index contributed by atoms with van der Waals surface area (Å²) in [5.74, 6) is 1.65. The van der Waals surface area contributed by atoms with Crippen LogP contribution in [0.3, 0.4) is 0 Å². The van der Waals surface area contributed by atoms with Crippen LogP contribution in [0.4, 0.5) is 0 Å². The van der Waals surface area contributed by atoms with Gasteiger partial charge in [0.05, 0.1) is 6.61 Å². The van der Waals surface area contributed by atoms with Gasteiger partial charge in [-0.15, -0.1) is 0 Å². The molecule has 0 unspecified atom stereocenters. The number of piperidine rings is 1. The molecule has 3 rings (SSSR count). The monoisotopic (exact) mass is 337 g/mol. The van der Waals surface area contributed by atoms with Crippen LogP contribution in [-0.4, -0.2) is 30.5 Å². The van der Waals surface area contributed by atoms with Gasteiger partial charge < -0.3 is 9.64 Å². The van der Waals surface area contributed by atoms with E-state index in [1.54, 1.807) is 0 Å². The zero-order valence-corrected chi connectivity index (χ0v) is 15.0. The van der Waals surface area contributed by atoms with Gasteiger partial charge in [0.2, 0.25) is 0 Å². The van der Waals surface area contributed by atoms with Crippen LogP contribution in [0.25, 0.3) is 0 Å². The Morgan fingerprint density at radius 2 is 1.72 bits per heavy atom. The summed E-state index contributed by atoms with van der Waals surface area (Å²) in [7, 11) is 0. The SMILES string of the molecule is CCCOc1ccc(C(=O)N2CCC(Cc3ccccc3)CC2)cc1. The molecule has 0 atom stereocenters. The van der Waals surface area contributed by atoms with Gasteiger partial charge in [-0.25, -0.2) is 0 Å². The van der Waals surface area contributed by atoms with Crippen molar-refractivity contribution in [3.63, 3.8) is 0 Å². The van der Waals surface area contributed by atoms with Crippen molar-refractivity contribution in [3.8, 4) is 5.75 Å². The second-order valence-electron chi connectivity index (χ2n) is 6.80. The van der Waals surface area contributed by atoms with Gasteiger partial charge in [-0.2, -0.15) is 0 Å². The van der Waals surface area contributed by atoms with Crippen LogP contribution in [0.1, 0.15) is 42.1 Å². The van der Waals surface area contributed by atoms with Crippen molar-refractivity contribution in [1.29, 1.82) is 0 Å². The number of carbonyl (C=O) groups is 1. The molecule has 1 amide bonds. The minimum atomic E-state index is 0.139. The molecule has 0 aliphatic carbocycles. The molecule has 0 bridgehead atoms. The van der Waals surface area contributed by atoms with Crippen LogP contribution < -0.4 is 4.74 Å². The standard InChI is InChI=1S/C22H27NO2/c1-2-16-25-21-10-8-20(9-11-21)22(24)23-14-12-19(13-15-23)17-18-6-4-3-5-7-18/h3-11,19H,2,12-17H2,1H3. The average Bonchev–Trinajstić information content (AvgIpc) is 2.68. The summed E-state index contributed by atoms with van der Waals surface area (Å²) < 4.78 is 5.58. The highest BCUT2D eigenvalue weighted by Crippen LogP contribution is 2.23. The fraction of sp³-hybridized carbons (Fsp3) is 0.409. The second kappa shape index (κ2) is 8.70. The van der Waals surface area contributed by atoms with Gasteiger partial charge in [0, 0.05) is 18.7 Å². The van der Waals surface area contributed by atoms with Crippen molar-refractivity contribution < 1.29 is 9.53 Å². The van der Waals surface area contributed by atoms with Crippen LogP contribution in [-0.2, 0) is 6.42 Å². The molecule has 0 aromatic heterocycles. The minimum absolute atomic E-state index is 0.139. The molecule has 1 aliphatic rings. The maximum absolute atomic E-state index is 12.7. The minimum Gasteiger partial charge on any atom is -0.494 e. The van der Waals surface area contributed by atoms with Crippen LogP contribution in [0.15, 0.2) is 54.6 Å². The van der Waals surface area contributed by atoms with Gasteiger partial charge in [0.15, 0.2) is 0 Å². The number of carbonyl (C=O) groups excluding carboxylic acids is 1. The molecule has 3 heteroatoms. The molecule has 1 saturated heterocycles. The Labute approximate surface area is 150 Å². The summed E-state index contributed by atoms with van der Waals surface area (Å²) in [6, 6.07) is 18.2. The van der Waals surface area contributed by atoms with Crippen LogP contribution in [0, 0.1) is 5.92 Å². The predicted octanol–water partition coefficient (Wildman–Crippen LogP) is 4.57. The summed E-state index contributed by atoms with van der Waals surface area (Å²) in [5, 5.41) is 0. The lowest BCUT2D eigenvalue weighted by Crippen LogP contribution is -2.38. The van der Waals surface area contributed by atoms with Gasteiger partial charge >= 0.3 is 0 Å². The fourth-order valence-electron chi connectivity index (χ4n) is 3.38. The molecule has 2 aromatic carbocycles. The largest absolute Gasteiger partial charge is 0.494 e. The van der Waals surface area contributed by atoms with Crippen molar-refractivity contribution in [2.45, 2.75) is 32.6 Å². The maximum atomic E-state index is 12.7. The molecular formula is C22H27NO2. The van der Waals surface area contributed by atoms with Crippen molar-refractivity contribution in [2.24, 2.45) is 5.92 Å². The third-order valence-electron chi connectivity index (χ3n) is 4.84. The third kappa shape index (κ3) is 4.85. The lowest BCUT2D eigenvalue weighted by atomic mass is 9.90. The molecule has 0 spiro atoms. The third-order valence-corrected chi connectivity index (χ3v) is 4.84. The van der Waals surface area contributed by atoms with E-state index >= 15 is 0 Å². The number of benzene rings is 2. The Kier molecular flexibility index (Phi) is 6.10. The first kappa shape index (κ1) is 17.5. The summed E-state index contributed by atoms with van der Waals surface area (Å²) in [6.45, 7) is 4.50. The number of hydrogen-bond acceptors (Lipinski definition) is 2. The molecule has 1 fully saturated rings. The maximum Gasteiger partial charge on any atom is 0.253 e. The van der Waals surface area contributed by atoms with Crippen LogP contribution in [0.2, 0.25) is 0 Å². The molecule has 2 aromatic rings. The van der Waals surface area contributed by atoms with Gasteiger partial charge in [0.25, 0.3) is 5.91 Å². The molecule has 1 aliphatic heterocycles. The van der Waals surface area contributed by atoms with Gasteiger partial charge in [-0.1, -0.05) is 37.3 Å². The van der Waals surface area contributed by atoms with Crippen LogP contribution >= 0.6 is 0 Å². The topological polar surface area (TPSA) is 29.5 Å². The van der Waals surface area contributed by atoms with Crippen LogP contribution in [0.5, 0.6) is 5.75 Å². The summed E-state index contributed by atoms with van der Waals surface area (Å²) >= 11 is 0. The number of likely N-dealkylation sites (tertiary alicyclic amines) is 1. The molecule has 0 saturated carbocycles. The van der Waals surface area contributed by atoms with Gasteiger partial charge in [-0.3, -0.25) is 4.79 Å². The second-order valence-corrected chi connectivity index (χ2v) is 6.80. The summed E-state index contributed by atoms with van der Waals surface area (Å²) in [6.07, 6.45) is 4.27. The predicted molar refractivity (Wildman–Crippen MR) is 101 cm³/mol. The lowest BCUT2D eigenvalue weighted by Gasteiger charge is -2.32. The smallest absolute Gasteiger partial charge is 0.253 e.